The molecule has 2 aromatic rings. The molecule has 0 aliphatic heterocycles. The molecule has 4 nitrogen and oxygen atoms in total. The van der Waals surface area contributed by atoms with Crippen molar-refractivity contribution in [2.75, 3.05) is 27.2 Å². The summed E-state index contributed by atoms with van der Waals surface area (Å²) >= 11 is 0. The molecule has 0 aliphatic rings. The van der Waals surface area contributed by atoms with Gasteiger partial charge in [0.2, 0.25) is 5.76 Å². The largest absolute Gasteiger partial charge is 1.00 e. The standard InChI is InChI=1S/C14H17NO3.ClH/c1-15(2)8-5-9-17-14(16)13-10-11-6-3-4-7-12(11)18-13;/h3-4,6-7,10H,5,8-9H2,1-2H3;1H/p-1. The summed E-state index contributed by atoms with van der Waals surface area (Å²) < 4.78 is 10.6. The molecular formula is C14H17ClNO3-. The van der Waals surface area contributed by atoms with Crippen LogP contribution in [0.2, 0.25) is 0 Å². The summed E-state index contributed by atoms with van der Waals surface area (Å²) in [7, 11) is 3.97. The fraction of sp³-hybridized carbons (Fsp3) is 0.357. The molecule has 0 amide bonds. The van der Waals surface area contributed by atoms with Crippen molar-refractivity contribution in [1.82, 2.24) is 4.90 Å². The van der Waals surface area contributed by atoms with Crippen molar-refractivity contribution in [3.8, 4) is 0 Å². The van der Waals surface area contributed by atoms with E-state index in [0.29, 0.717) is 12.2 Å². The zero-order chi connectivity index (χ0) is 13.0. The summed E-state index contributed by atoms with van der Waals surface area (Å²) in [6.07, 6.45) is 0.818. The summed E-state index contributed by atoms with van der Waals surface area (Å²) in [6.45, 7) is 1.31. The van der Waals surface area contributed by atoms with Crippen LogP contribution < -0.4 is 12.4 Å². The van der Waals surface area contributed by atoms with Gasteiger partial charge >= 0.3 is 5.97 Å². The van der Waals surface area contributed by atoms with Crippen molar-refractivity contribution in [2.24, 2.45) is 0 Å². The van der Waals surface area contributed by atoms with Crippen LogP contribution in [0.4, 0.5) is 0 Å². The van der Waals surface area contributed by atoms with Crippen LogP contribution in [-0.2, 0) is 4.74 Å². The number of furan rings is 1. The van der Waals surface area contributed by atoms with E-state index in [-0.39, 0.29) is 18.2 Å². The van der Waals surface area contributed by atoms with Gasteiger partial charge in [-0.3, -0.25) is 0 Å². The Bertz CT molecular complexity index is 503. The second-order valence-corrected chi connectivity index (χ2v) is 4.44. The minimum absolute atomic E-state index is 0. The third kappa shape index (κ3) is 4.26. The Balaban J connectivity index is 0.00000180. The Labute approximate surface area is 118 Å². The van der Waals surface area contributed by atoms with Crippen LogP contribution in [0.3, 0.4) is 0 Å². The van der Waals surface area contributed by atoms with E-state index < -0.39 is 5.97 Å². The van der Waals surface area contributed by atoms with Gasteiger partial charge < -0.3 is 26.5 Å². The SMILES string of the molecule is CN(C)CCCOC(=O)c1cc2ccccc2o1.[Cl-]. The van der Waals surface area contributed by atoms with E-state index in [9.17, 15) is 4.79 Å². The van der Waals surface area contributed by atoms with Crippen molar-refractivity contribution < 1.29 is 26.4 Å². The lowest BCUT2D eigenvalue weighted by atomic mass is 10.2. The maximum absolute atomic E-state index is 11.7. The number of esters is 1. The first-order valence-electron chi connectivity index (χ1n) is 5.97. The molecule has 0 N–H and O–H groups in total. The van der Waals surface area contributed by atoms with Gasteiger partial charge in [0.1, 0.15) is 5.58 Å². The van der Waals surface area contributed by atoms with Gasteiger partial charge in [0.05, 0.1) is 6.61 Å². The van der Waals surface area contributed by atoms with E-state index in [1.54, 1.807) is 6.07 Å². The summed E-state index contributed by atoms with van der Waals surface area (Å²) in [5, 5.41) is 0.915. The molecule has 1 heterocycles. The lowest BCUT2D eigenvalue weighted by molar-refractivity contribution is -0.0000220. The van der Waals surface area contributed by atoms with Crippen LogP contribution in [0, 0.1) is 0 Å². The number of carbonyl (C=O) groups excluding carboxylic acids is 1. The molecule has 0 radical (unpaired) electrons. The number of fused-ring (bicyclic) bond motifs is 1. The quantitative estimate of drug-likeness (QED) is 0.550. The molecule has 0 saturated heterocycles. The molecule has 5 heteroatoms. The fourth-order valence-electron chi connectivity index (χ4n) is 1.70. The van der Waals surface area contributed by atoms with E-state index >= 15 is 0 Å². The van der Waals surface area contributed by atoms with Crippen LogP contribution in [0.25, 0.3) is 11.0 Å². The van der Waals surface area contributed by atoms with Gasteiger partial charge in [0.15, 0.2) is 0 Å². The number of para-hydroxylation sites is 1. The summed E-state index contributed by atoms with van der Waals surface area (Å²) in [5.74, 6) is -0.133. The predicted octanol–water partition coefficient (Wildman–Crippen LogP) is -0.455. The van der Waals surface area contributed by atoms with Crippen LogP contribution in [-0.4, -0.2) is 38.1 Å². The lowest BCUT2D eigenvalue weighted by Gasteiger charge is -2.08. The van der Waals surface area contributed by atoms with Crippen LogP contribution in [0.15, 0.2) is 34.7 Å². The van der Waals surface area contributed by atoms with E-state index in [2.05, 4.69) is 4.90 Å². The maximum atomic E-state index is 11.7. The van der Waals surface area contributed by atoms with Gasteiger partial charge in [0.25, 0.3) is 0 Å². The smallest absolute Gasteiger partial charge is 0.374 e. The highest BCUT2D eigenvalue weighted by Crippen LogP contribution is 2.19. The molecule has 0 saturated carbocycles. The first-order valence-corrected chi connectivity index (χ1v) is 5.97. The minimum Gasteiger partial charge on any atom is -1.00 e. The number of benzene rings is 1. The molecule has 1 aromatic carbocycles. The number of hydrogen-bond acceptors (Lipinski definition) is 4. The van der Waals surface area contributed by atoms with E-state index in [0.717, 1.165) is 18.4 Å². The number of rotatable bonds is 5. The van der Waals surface area contributed by atoms with Gasteiger partial charge in [-0.05, 0) is 32.6 Å². The van der Waals surface area contributed by atoms with Crippen molar-refractivity contribution in [1.29, 1.82) is 0 Å². The van der Waals surface area contributed by atoms with Gasteiger partial charge in [-0.2, -0.15) is 0 Å². The normalized spacial score (nSPS) is 10.5. The number of halogens is 1. The fourth-order valence-corrected chi connectivity index (χ4v) is 1.70. The molecule has 0 spiro atoms. The number of hydrogen-bond donors (Lipinski definition) is 0. The van der Waals surface area contributed by atoms with Crippen LogP contribution >= 0.6 is 0 Å². The highest BCUT2D eigenvalue weighted by atomic mass is 35.5. The zero-order valence-corrected chi connectivity index (χ0v) is 11.8. The van der Waals surface area contributed by atoms with Crippen molar-refractivity contribution in [2.45, 2.75) is 6.42 Å². The third-order valence-electron chi connectivity index (χ3n) is 2.61. The Morgan fingerprint density at radius 2 is 2.05 bits per heavy atom. The molecule has 0 bridgehead atoms. The molecule has 0 aliphatic carbocycles. The highest BCUT2D eigenvalue weighted by Gasteiger charge is 2.13. The van der Waals surface area contributed by atoms with Gasteiger partial charge in [-0.1, -0.05) is 18.2 Å². The first kappa shape index (κ1) is 15.5. The minimum atomic E-state index is -0.398. The third-order valence-corrected chi connectivity index (χ3v) is 2.61. The van der Waals surface area contributed by atoms with Gasteiger partial charge in [0, 0.05) is 11.9 Å². The maximum Gasteiger partial charge on any atom is 0.374 e. The van der Waals surface area contributed by atoms with E-state index in [1.165, 1.54) is 0 Å². The van der Waals surface area contributed by atoms with E-state index in [4.69, 9.17) is 9.15 Å². The molecule has 0 atom stereocenters. The van der Waals surface area contributed by atoms with Crippen LogP contribution in [0.1, 0.15) is 17.0 Å². The molecule has 0 fully saturated rings. The molecule has 1 aromatic heterocycles. The average molecular weight is 283 g/mol. The topological polar surface area (TPSA) is 42.7 Å². The Morgan fingerprint density at radius 3 is 2.74 bits per heavy atom. The Morgan fingerprint density at radius 1 is 1.32 bits per heavy atom. The van der Waals surface area contributed by atoms with E-state index in [1.807, 2.05) is 38.4 Å². The summed E-state index contributed by atoms with van der Waals surface area (Å²) in [5.41, 5.74) is 0.706. The first-order chi connectivity index (χ1) is 8.66. The highest BCUT2D eigenvalue weighted by molar-refractivity contribution is 5.92. The number of nitrogens with zero attached hydrogens (tertiary/aromatic N) is 1. The molecule has 19 heavy (non-hydrogen) atoms. The van der Waals surface area contributed by atoms with Crippen molar-refractivity contribution in [3.05, 3.63) is 36.1 Å². The second-order valence-electron chi connectivity index (χ2n) is 4.44. The van der Waals surface area contributed by atoms with Crippen molar-refractivity contribution >= 4 is 16.9 Å². The average Bonchev–Trinajstić information content (AvgIpc) is 2.78. The molecule has 2 rings (SSSR count). The van der Waals surface area contributed by atoms with Gasteiger partial charge in [-0.25, -0.2) is 4.79 Å². The summed E-state index contributed by atoms with van der Waals surface area (Å²) in [6, 6.07) is 9.23. The zero-order valence-electron chi connectivity index (χ0n) is 11.1. The summed E-state index contributed by atoms with van der Waals surface area (Å²) in [4.78, 5) is 13.8. The van der Waals surface area contributed by atoms with Crippen molar-refractivity contribution in [3.63, 3.8) is 0 Å². The van der Waals surface area contributed by atoms with Gasteiger partial charge in [-0.15, -0.1) is 0 Å². The second kappa shape index (κ2) is 7.16. The number of carbonyl (C=O) groups is 1. The number of ether oxygens (including phenoxy) is 1. The monoisotopic (exact) mass is 282 g/mol. The van der Waals surface area contributed by atoms with Crippen LogP contribution in [0.5, 0.6) is 0 Å². The molecule has 104 valence electrons. The Kier molecular flexibility index (Phi) is 5.86. The molecule has 0 unspecified atom stereocenters. The predicted molar refractivity (Wildman–Crippen MR) is 69.7 cm³/mol. The molecular weight excluding hydrogens is 266 g/mol. The Hall–Kier alpha value is -1.52. The lowest BCUT2D eigenvalue weighted by Crippen LogP contribution is -3.00.